The number of benzene rings is 2. The van der Waals surface area contributed by atoms with Gasteiger partial charge in [0.05, 0.1) is 11.4 Å². The largest absolute Gasteiger partial charge is 0.573 e. The number of pyridine rings is 1. The molecule has 0 radical (unpaired) electrons. The summed E-state index contributed by atoms with van der Waals surface area (Å²) in [6.07, 6.45) is 0.189. The van der Waals surface area contributed by atoms with Crippen molar-refractivity contribution < 1.29 is 22.7 Å². The van der Waals surface area contributed by atoms with Crippen molar-refractivity contribution in [1.29, 1.82) is 0 Å². The number of likely N-dealkylation sites (tertiary alicyclic amines) is 1. The molecule has 8 nitrogen and oxygen atoms in total. The Bertz CT molecular complexity index is 1510. The predicted molar refractivity (Wildman–Crippen MR) is 143 cm³/mol. The fraction of sp³-hybridized carbons (Fsp3) is 0.321. The Morgan fingerprint density at radius 2 is 1.85 bits per heavy atom. The van der Waals surface area contributed by atoms with Gasteiger partial charge in [-0.2, -0.15) is 5.10 Å². The van der Waals surface area contributed by atoms with Gasteiger partial charge >= 0.3 is 6.36 Å². The van der Waals surface area contributed by atoms with Crippen molar-refractivity contribution >= 4 is 28.2 Å². The summed E-state index contributed by atoms with van der Waals surface area (Å²) >= 11 is 0. The molecule has 1 saturated heterocycles. The van der Waals surface area contributed by atoms with E-state index in [4.69, 9.17) is 0 Å². The molecule has 11 heteroatoms. The Morgan fingerprint density at radius 3 is 2.54 bits per heavy atom. The highest BCUT2D eigenvalue weighted by Gasteiger charge is 2.33. The second-order valence-corrected chi connectivity index (χ2v) is 9.83. The fourth-order valence-electron chi connectivity index (χ4n) is 4.87. The van der Waals surface area contributed by atoms with E-state index in [1.54, 1.807) is 16.9 Å². The van der Waals surface area contributed by atoms with Crippen molar-refractivity contribution in [2.24, 2.45) is 7.05 Å². The van der Waals surface area contributed by atoms with E-state index in [-0.39, 0.29) is 17.3 Å². The molecule has 5 rings (SSSR count). The molecule has 0 unspecified atom stereocenters. The molecule has 1 fully saturated rings. The molecule has 1 aliphatic rings. The maximum absolute atomic E-state index is 13.3. The van der Waals surface area contributed by atoms with Crippen LogP contribution in [-0.2, 0) is 7.05 Å². The Hall–Kier alpha value is -4.12. The SMILES string of the molecule is Cc1nn(C)cc1-c1cccc2cnc(Nc3ccc(C(=O)NC4CCN(C)CC4)cc3OC(F)(F)F)cc12. The van der Waals surface area contributed by atoms with Crippen molar-refractivity contribution in [2.45, 2.75) is 32.2 Å². The van der Waals surface area contributed by atoms with Gasteiger partial charge in [-0.25, -0.2) is 4.98 Å². The molecule has 1 amide bonds. The Balaban J connectivity index is 1.45. The van der Waals surface area contributed by atoms with Crippen LogP contribution >= 0.6 is 0 Å². The van der Waals surface area contributed by atoms with E-state index < -0.39 is 18.0 Å². The smallest absolute Gasteiger partial charge is 0.404 e. The highest BCUT2D eigenvalue weighted by Crippen LogP contribution is 2.35. The topological polar surface area (TPSA) is 84.3 Å². The summed E-state index contributed by atoms with van der Waals surface area (Å²) in [5.41, 5.74) is 2.84. The van der Waals surface area contributed by atoms with Crippen molar-refractivity contribution in [1.82, 2.24) is 25.0 Å². The third kappa shape index (κ3) is 6.14. The molecular weight excluding hydrogens is 509 g/mol. The number of rotatable bonds is 6. The molecular formula is C28H29F3N6O2. The molecule has 1 aliphatic heterocycles. The van der Waals surface area contributed by atoms with Gasteiger partial charge in [0.2, 0.25) is 0 Å². The lowest BCUT2D eigenvalue weighted by Crippen LogP contribution is -2.43. The number of aromatic nitrogens is 3. The van der Waals surface area contributed by atoms with E-state index in [0.29, 0.717) is 5.82 Å². The number of alkyl halides is 3. The number of amides is 1. The van der Waals surface area contributed by atoms with Gasteiger partial charge in [-0.3, -0.25) is 9.48 Å². The van der Waals surface area contributed by atoms with Crippen molar-refractivity contribution in [3.05, 3.63) is 66.1 Å². The number of piperidine rings is 1. The molecule has 3 heterocycles. The average Bonchev–Trinajstić information content (AvgIpc) is 3.22. The van der Waals surface area contributed by atoms with Crippen molar-refractivity contribution in [3.63, 3.8) is 0 Å². The normalized spacial score (nSPS) is 14.9. The molecule has 0 spiro atoms. The number of ether oxygens (including phenoxy) is 1. The minimum Gasteiger partial charge on any atom is -0.404 e. The lowest BCUT2D eigenvalue weighted by molar-refractivity contribution is -0.274. The zero-order valence-corrected chi connectivity index (χ0v) is 21.8. The molecule has 0 atom stereocenters. The van der Waals surface area contributed by atoms with Gasteiger partial charge in [0, 0.05) is 42.0 Å². The molecule has 0 saturated carbocycles. The van der Waals surface area contributed by atoms with Gasteiger partial charge in [-0.05, 0) is 75.1 Å². The van der Waals surface area contributed by atoms with Gasteiger partial charge in [-0.15, -0.1) is 13.2 Å². The average molecular weight is 539 g/mol. The van der Waals surface area contributed by atoms with Crippen LogP contribution in [0.4, 0.5) is 24.7 Å². The van der Waals surface area contributed by atoms with Gasteiger partial charge in [-0.1, -0.05) is 18.2 Å². The van der Waals surface area contributed by atoms with E-state index >= 15 is 0 Å². The number of aryl methyl sites for hydroxylation is 2. The lowest BCUT2D eigenvalue weighted by atomic mass is 10.00. The van der Waals surface area contributed by atoms with Crippen LogP contribution in [0, 0.1) is 6.92 Å². The predicted octanol–water partition coefficient (Wildman–Crippen LogP) is 5.41. The minimum absolute atomic E-state index is 0.0297. The summed E-state index contributed by atoms with van der Waals surface area (Å²) in [4.78, 5) is 19.4. The number of anilines is 2. The van der Waals surface area contributed by atoms with E-state index in [2.05, 4.69) is 30.4 Å². The first-order chi connectivity index (χ1) is 18.6. The van der Waals surface area contributed by atoms with E-state index in [1.807, 2.05) is 45.4 Å². The Kier molecular flexibility index (Phi) is 7.17. The zero-order chi connectivity index (χ0) is 27.7. The molecule has 2 aromatic heterocycles. The summed E-state index contributed by atoms with van der Waals surface area (Å²) in [6.45, 7) is 3.60. The van der Waals surface area contributed by atoms with Gasteiger partial charge in [0.15, 0.2) is 5.75 Å². The van der Waals surface area contributed by atoms with Gasteiger partial charge in [0.1, 0.15) is 5.82 Å². The monoisotopic (exact) mass is 538 g/mol. The molecule has 204 valence electrons. The Morgan fingerprint density at radius 1 is 1.08 bits per heavy atom. The van der Waals surface area contributed by atoms with Crippen LogP contribution < -0.4 is 15.4 Å². The van der Waals surface area contributed by atoms with Crippen LogP contribution in [0.15, 0.2) is 54.9 Å². The minimum atomic E-state index is -4.94. The van der Waals surface area contributed by atoms with Crippen LogP contribution in [-0.4, -0.2) is 58.1 Å². The van der Waals surface area contributed by atoms with Crippen molar-refractivity contribution in [3.8, 4) is 16.9 Å². The number of carbonyl (C=O) groups is 1. The number of carbonyl (C=O) groups excluding carboxylic acids is 1. The van der Waals surface area contributed by atoms with Crippen LogP contribution in [0.1, 0.15) is 28.9 Å². The van der Waals surface area contributed by atoms with Gasteiger partial charge < -0.3 is 20.3 Å². The highest BCUT2D eigenvalue weighted by atomic mass is 19.4. The molecule has 2 aromatic carbocycles. The summed E-state index contributed by atoms with van der Waals surface area (Å²) in [6, 6.07) is 11.5. The summed E-state index contributed by atoms with van der Waals surface area (Å²) in [5.74, 6) is -0.632. The number of nitrogens with one attached hydrogen (secondary N) is 2. The number of hydrogen-bond acceptors (Lipinski definition) is 6. The molecule has 39 heavy (non-hydrogen) atoms. The highest BCUT2D eigenvalue weighted by molar-refractivity contribution is 5.98. The third-order valence-electron chi connectivity index (χ3n) is 6.85. The number of halogens is 3. The quantitative estimate of drug-likeness (QED) is 0.342. The molecule has 0 bridgehead atoms. The number of nitrogens with zero attached hydrogens (tertiary/aromatic N) is 4. The lowest BCUT2D eigenvalue weighted by Gasteiger charge is -2.29. The maximum atomic E-state index is 13.3. The molecule has 0 aliphatic carbocycles. The van der Waals surface area contributed by atoms with Gasteiger partial charge in [0.25, 0.3) is 5.91 Å². The third-order valence-corrected chi connectivity index (χ3v) is 6.85. The molecule has 4 aromatic rings. The Labute approximate surface area is 223 Å². The van der Waals surface area contributed by atoms with E-state index in [0.717, 1.165) is 59.6 Å². The number of fused-ring (bicyclic) bond motifs is 1. The second-order valence-electron chi connectivity index (χ2n) is 9.83. The van der Waals surface area contributed by atoms with Crippen LogP contribution in [0.5, 0.6) is 5.75 Å². The first-order valence-corrected chi connectivity index (χ1v) is 12.6. The summed E-state index contributed by atoms with van der Waals surface area (Å²) in [5, 5.41) is 12.0. The van der Waals surface area contributed by atoms with Crippen molar-refractivity contribution in [2.75, 3.05) is 25.5 Å². The summed E-state index contributed by atoms with van der Waals surface area (Å²) < 4.78 is 46.0. The fourth-order valence-corrected chi connectivity index (χ4v) is 4.87. The first-order valence-electron chi connectivity index (χ1n) is 12.6. The van der Waals surface area contributed by atoms with E-state index in [1.165, 1.54) is 12.1 Å². The van der Waals surface area contributed by atoms with E-state index in [9.17, 15) is 18.0 Å². The number of hydrogen-bond donors (Lipinski definition) is 2. The molecule has 2 N–H and O–H groups in total. The zero-order valence-electron chi connectivity index (χ0n) is 21.8. The standard InChI is InChI=1S/C28H29F3N6O2/c1-17-23(16-37(3)35-17)21-6-4-5-19-15-32-26(14-22(19)21)34-24-8-7-18(13-25(24)39-28(29,30)31)27(38)33-20-9-11-36(2)12-10-20/h4-8,13-16,20H,9-12H2,1-3H3,(H,32,34)(H,33,38). The first kappa shape index (κ1) is 26.5. The van der Waals surface area contributed by atoms with Crippen LogP contribution in [0.2, 0.25) is 0 Å². The van der Waals surface area contributed by atoms with Crippen LogP contribution in [0.3, 0.4) is 0 Å². The van der Waals surface area contributed by atoms with Crippen LogP contribution in [0.25, 0.3) is 21.9 Å². The maximum Gasteiger partial charge on any atom is 0.573 e. The summed E-state index contributed by atoms with van der Waals surface area (Å²) in [7, 11) is 3.85. The second kappa shape index (κ2) is 10.6.